The molecule has 0 fully saturated rings. The van der Waals surface area contributed by atoms with Crippen molar-refractivity contribution in [2.75, 3.05) is 0 Å². The van der Waals surface area contributed by atoms with Gasteiger partial charge >= 0.3 is 0 Å². The van der Waals surface area contributed by atoms with Gasteiger partial charge in [0.1, 0.15) is 0 Å². The van der Waals surface area contributed by atoms with Crippen molar-refractivity contribution in [2.45, 2.75) is 32.6 Å². The van der Waals surface area contributed by atoms with Crippen molar-refractivity contribution in [3.8, 4) is 0 Å². The van der Waals surface area contributed by atoms with Crippen LogP contribution in [-0.4, -0.2) is 4.98 Å². The van der Waals surface area contributed by atoms with Crippen molar-refractivity contribution in [3.05, 3.63) is 16.1 Å². The summed E-state index contributed by atoms with van der Waals surface area (Å²) in [7, 11) is 0. The molecular weight excluding hydrogens is 180 g/mol. The van der Waals surface area contributed by atoms with Gasteiger partial charge in [-0.05, 0) is 0 Å². The van der Waals surface area contributed by atoms with Gasteiger partial charge in [-0.2, -0.15) is 0 Å². The van der Waals surface area contributed by atoms with Gasteiger partial charge in [0.05, 0.1) is 9.88 Å². The first-order valence-corrected chi connectivity index (χ1v) is 4.57. The molecule has 0 aliphatic carbocycles. The first-order chi connectivity index (χ1) is 5.41. The van der Waals surface area contributed by atoms with Crippen LogP contribution in [0.25, 0.3) is 0 Å². The van der Waals surface area contributed by atoms with Crippen molar-refractivity contribution >= 4 is 11.3 Å². The Morgan fingerprint density at radius 1 is 1.50 bits per heavy atom. The maximum Gasteiger partial charge on any atom is 0.281 e. The number of nitrogens with zero attached hydrogens (tertiary/aromatic N) is 1. The molecule has 1 heterocycles. The summed E-state index contributed by atoms with van der Waals surface area (Å²) in [5.74, 6) is -2.52. The Morgan fingerprint density at radius 2 is 2.08 bits per heavy atom. The topological polar surface area (TPSA) is 12.9 Å². The molecule has 1 rings (SSSR count). The Balaban J connectivity index is 2.92. The van der Waals surface area contributed by atoms with Gasteiger partial charge in [-0.15, -0.1) is 11.3 Å². The second-order valence-electron chi connectivity index (χ2n) is 3.11. The van der Waals surface area contributed by atoms with Crippen LogP contribution in [0.3, 0.4) is 0 Å². The molecule has 0 radical (unpaired) electrons. The summed E-state index contributed by atoms with van der Waals surface area (Å²) in [6.07, 6.45) is 1.26. The normalized spacial score (nSPS) is 12.5. The number of thiazole rings is 1. The van der Waals surface area contributed by atoms with E-state index in [-0.39, 0.29) is 10.8 Å². The maximum atomic E-state index is 12.7. The first-order valence-electron chi connectivity index (χ1n) is 3.75. The van der Waals surface area contributed by atoms with Gasteiger partial charge in [0.15, 0.2) is 0 Å². The third-order valence-electron chi connectivity index (χ3n) is 1.45. The molecule has 68 valence electrons. The van der Waals surface area contributed by atoms with E-state index in [9.17, 15) is 8.78 Å². The van der Waals surface area contributed by atoms with Crippen molar-refractivity contribution < 1.29 is 8.78 Å². The molecular formula is C8H11F2NS. The van der Waals surface area contributed by atoms with Crippen LogP contribution in [0, 0.1) is 0 Å². The van der Waals surface area contributed by atoms with Crippen LogP contribution in [0.4, 0.5) is 8.78 Å². The van der Waals surface area contributed by atoms with E-state index in [1.54, 1.807) is 0 Å². The van der Waals surface area contributed by atoms with Gasteiger partial charge < -0.3 is 0 Å². The van der Waals surface area contributed by atoms with E-state index in [0.29, 0.717) is 0 Å². The van der Waals surface area contributed by atoms with E-state index < -0.39 is 5.92 Å². The zero-order valence-corrected chi connectivity index (χ0v) is 8.08. The summed E-state index contributed by atoms with van der Waals surface area (Å²) in [5, 5.41) is 0.770. The zero-order chi connectivity index (χ0) is 9.35. The third-order valence-corrected chi connectivity index (χ3v) is 2.92. The molecule has 12 heavy (non-hydrogen) atoms. The summed E-state index contributed by atoms with van der Waals surface area (Å²) in [4.78, 5) is 3.97. The fraction of sp³-hybridized carbons (Fsp3) is 0.625. The molecule has 4 heteroatoms. The lowest BCUT2D eigenvalue weighted by Gasteiger charge is -2.04. The van der Waals surface area contributed by atoms with Crippen LogP contribution in [-0.2, 0) is 5.92 Å². The van der Waals surface area contributed by atoms with E-state index >= 15 is 0 Å². The van der Waals surface area contributed by atoms with Crippen molar-refractivity contribution in [1.82, 2.24) is 4.98 Å². The van der Waals surface area contributed by atoms with Crippen molar-refractivity contribution in [2.24, 2.45) is 0 Å². The maximum absolute atomic E-state index is 12.7. The summed E-state index contributed by atoms with van der Waals surface area (Å²) < 4.78 is 25.4. The number of hydrogen-bond donors (Lipinski definition) is 0. The molecule has 1 aromatic heterocycles. The number of alkyl halides is 2. The molecule has 0 unspecified atom stereocenters. The predicted octanol–water partition coefficient (Wildman–Crippen LogP) is 3.38. The SMILES string of the molecule is CC(C)c1ncc(C(C)(F)F)s1. The smallest absolute Gasteiger partial charge is 0.249 e. The zero-order valence-electron chi connectivity index (χ0n) is 7.27. The Morgan fingerprint density at radius 3 is 2.33 bits per heavy atom. The van der Waals surface area contributed by atoms with E-state index in [4.69, 9.17) is 0 Å². The Kier molecular flexibility index (Phi) is 2.46. The molecule has 0 bridgehead atoms. The van der Waals surface area contributed by atoms with Crippen LogP contribution in [0.2, 0.25) is 0 Å². The van der Waals surface area contributed by atoms with Gasteiger partial charge in [0.25, 0.3) is 5.92 Å². The van der Waals surface area contributed by atoms with E-state index in [1.807, 2.05) is 13.8 Å². The highest BCUT2D eigenvalue weighted by Gasteiger charge is 2.27. The minimum absolute atomic E-state index is 0.0474. The molecule has 0 aromatic carbocycles. The van der Waals surface area contributed by atoms with Gasteiger partial charge in [-0.3, -0.25) is 0 Å². The second kappa shape index (κ2) is 3.09. The average Bonchev–Trinajstić information content (AvgIpc) is 2.30. The predicted molar refractivity (Wildman–Crippen MR) is 45.8 cm³/mol. The summed E-state index contributed by atoms with van der Waals surface area (Å²) >= 11 is 1.09. The lowest BCUT2D eigenvalue weighted by Crippen LogP contribution is -2.03. The molecule has 0 atom stereocenters. The molecule has 0 saturated heterocycles. The van der Waals surface area contributed by atoms with Crippen LogP contribution in [0.15, 0.2) is 6.20 Å². The highest BCUT2D eigenvalue weighted by Crippen LogP contribution is 2.33. The molecule has 0 aliphatic rings. The summed E-state index contributed by atoms with van der Waals surface area (Å²) in [5.41, 5.74) is 0. The third kappa shape index (κ3) is 2.00. The van der Waals surface area contributed by atoms with Gasteiger partial charge in [0, 0.05) is 19.0 Å². The van der Waals surface area contributed by atoms with Gasteiger partial charge in [0.2, 0.25) is 0 Å². The number of rotatable bonds is 2. The molecule has 0 amide bonds. The second-order valence-corrected chi connectivity index (χ2v) is 4.17. The first kappa shape index (κ1) is 9.58. The fourth-order valence-electron chi connectivity index (χ4n) is 0.757. The minimum Gasteiger partial charge on any atom is -0.249 e. The van der Waals surface area contributed by atoms with E-state index in [1.165, 1.54) is 6.20 Å². The summed E-state index contributed by atoms with van der Waals surface area (Å²) in [6, 6.07) is 0. The van der Waals surface area contributed by atoms with E-state index in [2.05, 4.69) is 4.98 Å². The highest BCUT2D eigenvalue weighted by atomic mass is 32.1. The number of halogens is 2. The summed E-state index contributed by atoms with van der Waals surface area (Å²) in [6.45, 7) is 4.78. The standard InChI is InChI=1S/C8H11F2NS/c1-5(2)7-11-4-6(12-7)8(3,9)10/h4-5H,1-3H3. The van der Waals surface area contributed by atoms with Gasteiger partial charge in [-0.1, -0.05) is 13.8 Å². The van der Waals surface area contributed by atoms with Crippen LogP contribution >= 0.6 is 11.3 Å². The molecule has 1 nitrogen and oxygen atoms in total. The molecule has 0 spiro atoms. The molecule has 0 aliphatic heterocycles. The Hall–Kier alpha value is -0.510. The Bertz CT molecular complexity index is 262. The van der Waals surface area contributed by atoms with Crippen molar-refractivity contribution in [3.63, 3.8) is 0 Å². The molecule has 1 aromatic rings. The highest BCUT2D eigenvalue weighted by molar-refractivity contribution is 7.11. The monoisotopic (exact) mass is 191 g/mol. The fourth-order valence-corrected chi connectivity index (χ4v) is 1.61. The number of aromatic nitrogens is 1. The minimum atomic E-state index is -2.75. The Labute approximate surface area is 74.4 Å². The van der Waals surface area contributed by atoms with Crippen molar-refractivity contribution in [1.29, 1.82) is 0 Å². The van der Waals surface area contributed by atoms with Crippen LogP contribution in [0.1, 0.15) is 36.6 Å². The lowest BCUT2D eigenvalue weighted by molar-refractivity contribution is 0.0213. The number of hydrogen-bond acceptors (Lipinski definition) is 2. The molecule has 0 N–H and O–H groups in total. The lowest BCUT2D eigenvalue weighted by atomic mass is 10.2. The van der Waals surface area contributed by atoms with Crippen LogP contribution in [0.5, 0.6) is 0 Å². The van der Waals surface area contributed by atoms with E-state index in [0.717, 1.165) is 23.3 Å². The quantitative estimate of drug-likeness (QED) is 0.698. The molecule has 0 saturated carbocycles. The van der Waals surface area contributed by atoms with Gasteiger partial charge in [-0.25, -0.2) is 13.8 Å². The average molecular weight is 191 g/mol. The largest absolute Gasteiger partial charge is 0.281 e. The van der Waals surface area contributed by atoms with Crippen LogP contribution < -0.4 is 0 Å².